The number of carboxylic acids is 1. The van der Waals surface area contributed by atoms with Crippen molar-refractivity contribution in [2.45, 2.75) is 25.2 Å². The van der Waals surface area contributed by atoms with Crippen LogP contribution in [-0.4, -0.2) is 22.7 Å². The normalized spacial score (nSPS) is 14.2. The highest BCUT2D eigenvalue weighted by atomic mass is 32.1. The second kappa shape index (κ2) is 5.63. The Morgan fingerprint density at radius 1 is 1.35 bits per heavy atom. The molecule has 1 aromatic heterocycles. The smallest absolute Gasteiger partial charge is 0.347 e. The van der Waals surface area contributed by atoms with Crippen molar-refractivity contribution in [2.75, 3.05) is 6.61 Å². The van der Waals surface area contributed by atoms with Gasteiger partial charge in [0.2, 0.25) is 0 Å². The number of para-hydroxylation sites is 1. The Labute approximate surface area is 121 Å². The van der Waals surface area contributed by atoms with Crippen LogP contribution in [0.4, 0.5) is 0 Å². The van der Waals surface area contributed by atoms with Crippen LogP contribution in [0.15, 0.2) is 30.3 Å². The number of nitrogens with zero attached hydrogens (tertiary/aromatic N) is 1. The molecule has 0 saturated heterocycles. The molecule has 4 nitrogen and oxygen atoms in total. The van der Waals surface area contributed by atoms with E-state index in [4.69, 9.17) is 4.74 Å². The number of ether oxygens (including phenoxy) is 1. The van der Waals surface area contributed by atoms with Gasteiger partial charge in [0, 0.05) is 12.3 Å². The van der Waals surface area contributed by atoms with E-state index in [1.54, 1.807) is 0 Å². The van der Waals surface area contributed by atoms with Crippen molar-refractivity contribution >= 4 is 17.3 Å². The average molecular weight is 289 g/mol. The topological polar surface area (TPSA) is 59.4 Å². The van der Waals surface area contributed by atoms with Gasteiger partial charge in [-0.05, 0) is 25.0 Å². The lowest BCUT2D eigenvalue weighted by Gasteiger charge is -2.03. The van der Waals surface area contributed by atoms with Gasteiger partial charge in [-0.15, -0.1) is 11.3 Å². The van der Waals surface area contributed by atoms with E-state index in [9.17, 15) is 9.90 Å². The molecule has 0 amide bonds. The van der Waals surface area contributed by atoms with E-state index in [-0.39, 0.29) is 0 Å². The molecule has 0 aliphatic heterocycles. The second-order valence-corrected chi connectivity index (χ2v) is 5.90. The van der Waals surface area contributed by atoms with Crippen molar-refractivity contribution in [1.29, 1.82) is 0 Å². The summed E-state index contributed by atoms with van der Waals surface area (Å²) in [4.78, 5) is 16.1. The molecule has 1 heterocycles. The maximum absolute atomic E-state index is 11.2. The largest absolute Gasteiger partial charge is 0.493 e. The lowest BCUT2D eigenvalue weighted by molar-refractivity contribution is 0.0700. The zero-order valence-corrected chi connectivity index (χ0v) is 11.7. The molecule has 1 saturated carbocycles. The van der Waals surface area contributed by atoms with Crippen molar-refractivity contribution in [2.24, 2.45) is 0 Å². The van der Waals surface area contributed by atoms with Crippen molar-refractivity contribution in [3.8, 4) is 5.75 Å². The number of carbonyl (C=O) groups is 1. The number of thiazole rings is 1. The number of aromatic carboxylic acids is 1. The van der Waals surface area contributed by atoms with Crippen LogP contribution in [0, 0.1) is 0 Å². The van der Waals surface area contributed by atoms with Crippen molar-refractivity contribution in [3.05, 3.63) is 45.9 Å². The Bertz CT molecular complexity index is 605. The molecule has 5 heteroatoms. The molecule has 1 N–H and O–H groups in total. The molecule has 104 valence electrons. The maximum atomic E-state index is 11.2. The second-order valence-electron chi connectivity index (χ2n) is 4.81. The summed E-state index contributed by atoms with van der Waals surface area (Å²) in [6.45, 7) is 0.515. The van der Waals surface area contributed by atoms with Crippen LogP contribution in [0.3, 0.4) is 0 Å². The first kappa shape index (κ1) is 13.1. The molecule has 1 fully saturated rings. The highest BCUT2D eigenvalue weighted by molar-refractivity contribution is 7.13. The van der Waals surface area contributed by atoms with Gasteiger partial charge in [0.1, 0.15) is 10.6 Å². The Kier molecular flexibility index (Phi) is 3.69. The summed E-state index contributed by atoms with van der Waals surface area (Å²) >= 11 is 1.28. The summed E-state index contributed by atoms with van der Waals surface area (Å²) in [5.41, 5.74) is 0.775. The minimum atomic E-state index is -0.861. The van der Waals surface area contributed by atoms with Crippen LogP contribution in [-0.2, 0) is 6.42 Å². The lowest BCUT2D eigenvalue weighted by atomic mass is 10.2. The van der Waals surface area contributed by atoms with Crippen LogP contribution in [0.2, 0.25) is 0 Å². The molecule has 0 unspecified atom stereocenters. The van der Waals surface area contributed by atoms with Gasteiger partial charge in [0.25, 0.3) is 0 Å². The molecular weight excluding hydrogens is 274 g/mol. The summed E-state index contributed by atoms with van der Waals surface area (Å²) in [5.74, 6) is 0.325. The first-order valence-corrected chi connectivity index (χ1v) is 7.46. The van der Waals surface area contributed by atoms with E-state index >= 15 is 0 Å². The van der Waals surface area contributed by atoms with Gasteiger partial charge in [0.15, 0.2) is 0 Å². The molecule has 3 rings (SSSR count). The maximum Gasteiger partial charge on any atom is 0.347 e. The quantitative estimate of drug-likeness (QED) is 0.886. The van der Waals surface area contributed by atoms with Gasteiger partial charge >= 0.3 is 5.97 Å². The number of hydrogen-bond acceptors (Lipinski definition) is 4. The fourth-order valence-electron chi connectivity index (χ4n) is 2.04. The average Bonchev–Trinajstić information content (AvgIpc) is 3.20. The summed E-state index contributed by atoms with van der Waals surface area (Å²) in [7, 11) is 0. The van der Waals surface area contributed by atoms with Crippen molar-refractivity contribution < 1.29 is 14.6 Å². The number of rotatable bonds is 6. The van der Waals surface area contributed by atoms with E-state index in [0.717, 1.165) is 29.3 Å². The molecule has 1 aliphatic rings. The Morgan fingerprint density at radius 2 is 2.10 bits per heavy atom. The Morgan fingerprint density at radius 3 is 2.75 bits per heavy atom. The summed E-state index contributed by atoms with van der Waals surface area (Å²) in [6, 6.07) is 9.59. The molecule has 0 atom stereocenters. The number of hydrogen-bond donors (Lipinski definition) is 1. The van der Waals surface area contributed by atoms with E-state index < -0.39 is 5.97 Å². The van der Waals surface area contributed by atoms with Gasteiger partial charge < -0.3 is 9.84 Å². The van der Waals surface area contributed by atoms with Gasteiger partial charge in [-0.2, -0.15) is 0 Å². The summed E-state index contributed by atoms with van der Waals surface area (Å²) in [6.07, 6.45) is 2.76. The number of benzene rings is 1. The van der Waals surface area contributed by atoms with Gasteiger partial charge in [-0.3, -0.25) is 0 Å². The van der Waals surface area contributed by atoms with Gasteiger partial charge in [0.05, 0.1) is 17.3 Å². The third-order valence-electron chi connectivity index (χ3n) is 3.18. The van der Waals surface area contributed by atoms with Crippen LogP contribution in [0.1, 0.15) is 39.1 Å². The molecule has 1 aliphatic carbocycles. The predicted molar refractivity (Wildman–Crippen MR) is 76.7 cm³/mol. The molecule has 20 heavy (non-hydrogen) atoms. The van der Waals surface area contributed by atoms with Crippen LogP contribution < -0.4 is 4.74 Å². The highest BCUT2D eigenvalue weighted by Gasteiger charge is 2.31. The molecule has 2 aromatic rings. The predicted octanol–water partition coefficient (Wildman–Crippen LogP) is 3.34. The molecule has 1 aromatic carbocycles. The fraction of sp³-hybridized carbons (Fsp3) is 0.333. The molecule has 0 radical (unpaired) electrons. The number of carboxylic acid groups (broad SMARTS) is 1. The van der Waals surface area contributed by atoms with Crippen LogP contribution in [0.25, 0.3) is 0 Å². The molecule has 0 bridgehead atoms. The SMILES string of the molecule is O=C(O)c1sc(CCOc2ccccc2)nc1C1CC1. The van der Waals surface area contributed by atoms with E-state index in [1.165, 1.54) is 11.3 Å². The fourth-order valence-corrected chi connectivity index (χ4v) is 3.01. The first-order chi connectivity index (χ1) is 9.74. The van der Waals surface area contributed by atoms with E-state index in [1.807, 2.05) is 30.3 Å². The minimum absolute atomic E-state index is 0.362. The number of aromatic nitrogens is 1. The summed E-state index contributed by atoms with van der Waals surface area (Å²) in [5, 5.41) is 10.0. The van der Waals surface area contributed by atoms with E-state index in [0.29, 0.717) is 23.8 Å². The Hall–Kier alpha value is -1.88. The lowest BCUT2D eigenvalue weighted by Crippen LogP contribution is -2.01. The zero-order chi connectivity index (χ0) is 13.9. The van der Waals surface area contributed by atoms with Crippen LogP contribution in [0.5, 0.6) is 5.75 Å². The monoisotopic (exact) mass is 289 g/mol. The Balaban J connectivity index is 1.63. The van der Waals surface area contributed by atoms with Gasteiger partial charge in [-0.25, -0.2) is 9.78 Å². The third kappa shape index (κ3) is 2.99. The van der Waals surface area contributed by atoms with Gasteiger partial charge in [-0.1, -0.05) is 18.2 Å². The third-order valence-corrected chi connectivity index (χ3v) is 4.30. The summed E-state index contributed by atoms with van der Waals surface area (Å²) < 4.78 is 5.61. The minimum Gasteiger partial charge on any atom is -0.493 e. The van der Waals surface area contributed by atoms with E-state index in [2.05, 4.69) is 4.98 Å². The van der Waals surface area contributed by atoms with Crippen molar-refractivity contribution in [3.63, 3.8) is 0 Å². The first-order valence-electron chi connectivity index (χ1n) is 6.65. The molecular formula is C15H15NO3S. The molecule has 0 spiro atoms. The van der Waals surface area contributed by atoms with Crippen LogP contribution >= 0.6 is 11.3 Å². The van der Waals surface area contributed by atoms with Crippen molar-refractivity contribution in [1.82, 2.24) is 4.98 Å². The standard InChI is InChI=1S/C15H15NO3S/c17-15(18)14-13(10-6-7-10)16-12(20-14)8-9-19-11-4-2-1-3-5-11/h1-5,10H,6-9H2,(H,17,18). The highest BCUT2D eigenvalue weighted by Crippen LogP contribution is 2.42. The zero-order valence-electron chi connectivity index (χ0n) is 10.9.